The average molecular weight is 272 g/mol. The summed E-state index contributed by atoms with van der Waals surface area (Å²) in [5, 5.41) is 8.75. The van der Waals surface area contributed by atoms with Gasteiger partial charge in [-0.2, -0.15) is 5.10 Å². The summed E-state index contributed by atoms with van der Waals surface area (Å²) in [6.45, 7) is 12.9. The van der Waals surface area contributed by atoms with Crippen LogP contribution in [-0.2, 0) is 6.54 Å². The van der Waals surface area contributed by atoms with Crippen molar-refractivity contribution in [2.45, 2.75) is 53.6 Å². The van der Waals surface area contributed by atoms with Gasteiger partial charge in [-0.15, -0.1) is 0 Å². The molecule has 4 heteroatoms. The van der Waals surface area contributed by atoms with Gasteiger partial charge in [0.1, 0.15) is 0 Å². The van der Waals surface area contributed by atoms with Gasteiger partial charge < -0.3 is 5.32 Å². The van der Waals surface area contributed by atoms with Crippen LogP contribution >= 0.6 is 11.6 Å². The lowest BCUT2D eigenvalue weighted by atomic mass is 9.88. The van der Waals surface area contributed by atoms with Crippen molar-refractivity contribution in [2.75, 3.05) is 6.54 Å². The van der Waals surface area contributed by atoms with Crippen LogP contribution in [0.2, 0.25) is 5.02 Å². The molecule has 0 saturated carbocycles. The molecule has 0 aliphatic heterocycles. The number of rotatable bonds is 7. The number of hydrogen-bond acceptors (Lipinski definition) is 2. The lowest BCUT2D eigenvalue weighted by molar-refractivity contribution is 0.290. The summed E-state index contributed by atoms with van der Waals surface area (Å²) in [6.07, 6.45) is 2.88. The van der Waals surface area contributed by atoms with Crippen molar-refractivity contribution in [1.82, 2.24) is 15.1 Å². The van der Waals surface area contributed by atoms with Gasteiger partial charge >= 0.3 is 0 Å². The van der Waals surface area contributed by atoms with E-state index in [0.29, 0.717) is 11.8 Å². The van der Waals surface area contributed by atoms with Crippen molar-refractivity contribution >= 4 is 11.6 Å². The highest BCUT2D eigenvalue weighted by Gasteiger charge is 2.26. The zero-order valence-corrected chi connectivity index (χ0v) is 13.0. The van der Waals surface area contributed by atoms with Crippen LogP contribution in [0.1, 0.15) is 52.8 Å². The second kappa shape index (κ2) is 7.15. The van der Waals surface area contributed by atoms with Crippen molar-refractivity contribution < 1.29 is 0 Å². The molecule has 0 radical (unpaired) electrons. The summed E-state index contributed by atoms with van der Waals surface area (Å²) in [7, 11) is 0. The van der Waals surface area contributed by atoms with Crippen LogP contribution in [0.3, 0.4) is 0 Å². The fourth-order valence-electron chi connectivity index (χ4n) is 2.15. The van der Waals surface area contributed by atoms with E-state index in [-0.39, 0.29) is 6.04 Å². The number of nitrogens with one attached hydrogen (secondary N) is 1. The Morgan fingerprint density at radius 3 is 2.50 bits per heavy atom. The first-order valence-electron chi connectivity index (χ1n) is 6.97. The van der Waals surface area contributed by atoms with Gasteiger partial charge in [0.15, 0.2) is 0 Å². The highest BCUT2D eigenvalue weighted by atomic mass is 35.5. The summed E-state index contributed by atoms with van der Waals surface area (Å²) in [4.78, 5) is 0. The second-order valence-electron chi connectivity index (χ2n) is 5.23. The highest BCUT2D eigenvalue weighted by molar-refractivity contribution is 6.31. The first-order chi connectivity index (χ1) is 8.52. The van der Waals surface area contributed by atoms with Gasteiger partial charge in [0.25, 0.3) is 0 Å². The Balaban J connectivity index is 3.04. The van der Waals surface area contributed by atoms with Crippen molar-refractivity contribution in [1.29, 1.82) is 0 Å². The van der Waals surface area contributed by atoms with Gasteiger partial charge in [0.05, 0.1) is 23.0 Å². The third kappa shape index (κ3) is 3.48. The third-order valence-corrected chi connectivity index (χ3v) is 3.91. The largest absolute Gasteiger partial charge is 0.308 e. The summed E-state index contributed by atoms with van der Waals surface area (Å²) >= 11 is 6.32. The molecule has 0 fully saturated rings. The summed E-state index contributed by atoms with van der Waals surface area (Å²) in [5.74, 6) is 1.13. The predicted molar refractivity (Wildman–Crippen MR) is 77.9 cm³/mol. The van der Waals surface area contributed by atoms with E-state index in [1.54, 1.807) is 6.20 Å². The van der Waals surface area contributed by atoms with Gasteiger partial charge in [0.2, 0.25) is 0 Å². The van der Waals surface area contributed by atoms with Gasteiger partial charge in [-0.05, 0) is 31.7 Å². The van der Waals surface area contributed by atoms with Crippen LogP contribution in [0.25, 0.3) is 0 Å². The Labute approximate surface area is 116 Å². The Hall–Kier alpha value is -0.540. The van der Waals surface area contributed by atoms with Crippen molar-refractivity contribution in [3.8, 4) is 0 Å². The average Bonchev–Trinajstić information content (AvgIpc) is 2.71. The second-order valence-corrected chi connectivity index (χ2v) is 5.64. The van der Waals surface area contributed by atoms with Crippen LogP contribution in [0.15, 0.2) is 6.20 Å². The molecule has 1 aromatic rings. The molecule has 1 heterocycles. The quantitative estimate of drug-likeness (QED) is 0.815. The number of aryl methyl sites for hydroxylation is 1. The molecular weight excluding hydrogens is 246 g/mol. The van der Waals surface area contributed by atoms with E-state index in [0.717, 1.165) is 30.2 Å². The number of aromatic nitrogens is 2. The SMILES string of the molecule is CCCNC(c1c(Cl)cnn1CC)C(C)C(C)C. The molecule has 0 amide bonds. The van der Waals surface area contributed by atoms with Gasteiger partial charge in [-0.3, -0.25) is 4.68 Å². The lowest BCUT2D eigenvalue weighted by Crippen LogP contribution is -2.32. The third-order valence-electron chi connectivity index (χ3n) is 3.62. The minimum Gasteiger partial charge on any atom is -0.308 e. The maximum atomic E-state index is 6.32. The Bertz CT molecular complexity index is 360. The van der Waals surface area contributed by atoms with E-state index < -0.39 is 0 Å². The predicted octanol–water partition coefficient (Wildman–Crippen LogP) is 3.89. The summed E-state index contributed by atoms with van der Waals surface area (Å²) in [5.41, 5.74) is 1.13. The molecular formula is C14H26ClN3. The topological polar surface area (TPSA) is 29.9 Å². The van der Waals surface area contributed by atoms with E-state index in [2.05, 4.69) is 45.0 Å². The standard InChI is InChI=1S/C14H26ClN3/c1-6-8-16-13(11(5)10(3)4)14-12(15)9-17-18(14)7-2/h9-11,13,16H,6-8H2,1-5H3. The minimum atomic E-state index is 0.278. The molecule has 18 heavy (non-hydrogen) atoms. The Kier molecular flexibility index (Phi) is 6.16. The van der Waals surface area contributed by atoms with Crippen molar-refractivity contribution in [3.05, 3.63) is 16.9 Å². The molecule has 0 saturated heterocycles. The van der Waals surface area contributed by atoms with Gasteiger partial charge in [-0.25, -0.2) is 0 Å². The minimum absolute atomic E-state index is 0.278. The lowest BCUT2D eigenvalue weighted by Gasteiger charge is -2.29. The molecule has 3 nitrogen and oxygen atoms in total. The van der Waals surface area contributed by atoms with Crippen LogP contribution in [-0.4, -0.2) is 16.3 Å². The van der Waals surface area contributed by atoms with E-state index in [4.69, 9.17) is 11.6 Å². The van der Waals surface area contributed by atoms with E-state index in [1.165, 1.54) is 0 Å². The summed E-state index contributed by atoms with van der Waals surface area (Å²) in [6, 6.07) is 0.278. The molecule has 0 aliphatic rings. The number of nitrogens with zero attached hydrogens (tertiary/aromatic N) is 2. The van der Waals surface area contributed by atoms with E-state index >= 15 is 0 Å². The zero-order chi connectivity index (χ0) is 13.7. The van der Waals surface area contributed by atoms with Crippen molar-refractivity contribution in [3.63, 3.8) is 0 Å². The number of hydrogen-bond donors (Lipinski definition) is 1. The first kappa shape index (κ1) is 15.5. The van der Waals surface area contributed by atoms with Crippen LogP contribution < -0.4 is 5.32 Å². The molecule has 1 rings (SSSR count). The molecule has 104 valence electrons. The van der Waals surface area contributed by atoms with Gasteiger partial charge in [-0.1, -0.05) is 39.3 Å². The highest BCUT2D eigenvalue weighted by Crippen LogP contribution is 2.32. The maximum absolute atomic E-state index is 6.32. The normalized spacial score (nSPS) is 15.1. The maximum Gasteiger partial charge on any atom is 0.0834 e. The summed E-state index contributed by atoms with van der Waals surface area (Å²) < 4.78 is 2.01. The monoisotopic (exact) mass is 271 g/mol. The Morgan fingerprint density at radius 2 is 2.00 bits per heavy atom. The Morgan fingerprint density at radius 1 is 1.33 bits per heavy atom. The van der Waals surface area contributed by atoms with Crippen LogP contribution in [0.4, 0.5) is 0 Å². The van der Waals surface area contributed by atoms with E-state index in [1.807, 2.05) is 4.68 Å². The molecule has 0 spiro atoms. The zero-order valence-electron chi connectivity index (χ0n) is 12.2. The molecule has 0 aliphatic carbocycles. The van der Waals surface area contributed by atoms with Crippen LogP contribution in [0.5, 0.6) is 0 Å². The van der Waals surface area contributed by atoms with Gasteiger partial charge in [0, 0.05) is 6.54 Å². The fourth-order valence-corrected chi connectivity index (χ4v) is 2.41. The smallest absolute Gasteiger partial charge is 0.0834 e. The van der Waals surface area contributed by atoms with E-state index in [9.17, 15) is 0 Å². The molecule has 0 bridgehead atoms. The molecule has 1 aromatic heterocycles. The first-order valence-corrected chi connectivity index (χ1v) is 7.35. The molecule has 0 aromatic carbocycles. The van der Waals surface area contributed by atoms with Crippen molar-refractivity contribution in [2.24, 2.45) is 11.8 Å². The number of halogens is 1. The fraction of sp³-hybridized carbons (Fsp3) is 0.786. The molecule has 2 atom stereocenters. The van der Waals surface area contributed by atoms with Crippen LogP contribution in [0, 0.1) is 11.8 Å². The molecule has 1 N–H and O–H groups in total. The molecule has 2 unspecified atom stereocenters.